The number of carbonyl (C=O) groups excluding carboxylic acids is 2. The monoisotopic (exact) mass is 406 g/mol. The number of carbonyl (C=O) groups is 2. The third-order valence-electron chi connectivity index (χ3n) is 4.13. The van der Waals surface area contributed by atoms with E-state index in [4.69, 9.17) is 13.9 Å². The molecule has 0 spiro atoms. The Bertz CT molecular complexity index is 991. The van der Waals surface area contributed by atoms with Gasteiger partial charge in [-0.2, -0.15) is 5.10 Å². The third-order valence-corrected chi connectivity index (χ3v) is 4.13. The average molecular weight is 406 g/mol. The molecule has 1 aromatic heterocycles. The fraction of sp³-hybridized carbons (Fsp3) is 0.174. The highest BCUT2D eigenvalue weighted by Gasteiger charge is 2.11. The van der Waals surface area contributed by atoms with Gasteiger partial charge in [0, 0.05) is 0 Å². The minimum absolute atomic E-state index is 0.126. The van der Waals surface area contributed by atoms with Crippen molar-refractivity contribution < 1.29 is 23.5 Å². The number of rotatable bonds is 8. The van der Waals surface area contributed by atoms with Crippen LogP contribution in [0.3, 0.4) is 0 Å². The molecular formula is C23H22N2O5. The van der Waals surface area contributed by atoms with E-state index in [2.05, 4.69) is 24.4 Å². The highest BCUT2D eigenvalue weighted by molar-refractivity contribution is 5.88. The average Bonchev–Trinajstić information content (AvgIpc) is 3.29. The second-order valence-corrected chi connectivity index (χ2v) is 6.74. The summed E-state index contributed by atoms with van der Waals surface area (Å²) >= 11 is 0. The summed E-state index contributed by atoms with van der Waals surface area (Å²) in [4.78, 5) is 23.7. The molecule has 0 aliphatic carbocycles. The standard InChI is InChI=1S/C23H22N2O5/c1-16(2)18-7-11-19(12-8-18)29-15-22(26)25-24-14-17-5-9-20(10-6-17)30-23(27)21-4-3-13-28-21/h3-14,16H,15H2,1-2H3,(H,25,26). The molecule has 1 heterocycles. The van der Waals surface area contributed by atoms with Crippen molar-refractivity contribution in [3.8, 4) is 11.5 Å². The van der Waals surface area contributed by atoms with Crippen molar-refractivity contribution in [1.29, 1.82) is 0 Å². The van der Waals surface area contributed by atoms with E-state index < -0.39 is 5.97 Å². The Morgan fingerprint density at radius 1 is 1.03 bits per heavy atom. The molecule has 0 aliphatic rings. The van der Waals surface area contributed by atoms with Crippen molar-refractivity contribution in [1.82, 2.24) is 5.43 Å². The van der Waals surface area contributed by atoms with Crippen LogP contribution in [0.25, 0.3) is 0 Å². The van der Waals surface area contributed by atoms with Gasteiger partial charge < -0.3 is 13.9 Å². The van der Waals surface area contributed by atoms with Crippen LogP contribution in [0, 0.1) is 0 Å². The molecule has 3 rings (SSSR count). The van der Waals surface area contributed by atoms with Gasteiger partial charge >= 0.3 is 5.97 Å². The Hall–Kier alpha value is -3.87. The number of esters is 1. The second-order valence-electron chi connectivity index (χ2n) is 6.74. The van der Waals surface area contributed by atoms with Crippen LogP contribution in [0.5, 0.6) is 11.5 Å². The van der Waals surface area contributed by atoms with Crippen LogP contribution in [0.15, 0.2) is 76.4 Å². The Kier molecular flexibility index (Phi) is 7.00. The van der Waals surface area contributed by atoms with Gasteiger partial charge in [0.25, 0.3) is 5.91 Å². The zero-order chi connectivity index (χ0) is 21.3. The fourth-order valence-electron chi connectivity index (χ4n) is 2.48. The molecule has 1 N–H and O–H groups in total. The van der Waals surface area contributed by atoms with Crippen LogP contribution in [0.4, 0.5) is 0 Å². The van der Waals surface area contributed by atoms with Crippen LogP contribution in [0.2, 0.25) is 0 Å². The smallest absolute Gasteiger partial charge is 0.379 e. The molecule has 2 aromatic carbocycles. The molecule has 0 radical (unpaired) electrons. The summed E-state index contributed by atoms with van der Waals surface area (Å²) in [7, 11) is 0. The molecular weight excluding hydrogens is 384 g/mol. The van der Waals surface area contributed by atoms with Gasteiger partial charge in [0.2, 0.25) is 5.76 Å². The molecule has 0 aliphatic heterocycles. The Balaban J connectivity index is 1.43. The van der Waals surface area contributed by atoms with Gasteiger partial charge in [-0.3, -0.25) is 4.79 Å². The summed E-state index contributed by atoms with van der Waals surface area (Å²) in [5, 5.41) is 3.90. The van der Waals surface area contributed by atoms with Crippen LogP contribution >= 0.6 is 0 Å². The van der Waals surface area contributed by atoms with E-state index in [-0.39, 0.29) is 18.3 Å². The molecule has 1 amide bonds. The number of benzene rings is 2. The predicted molar refractivity (Wildman–Crippen MR) is 112 cm³/mol. The first-order chi connectivity index (χ1) is 14.5. The molecule has 0 bridgehead atoms. The number of furan rings is 1. The SMILES string of the molecule is CC(C)c1ccc(OCC(=O)NN=Cc2ccc(OC(=O)c3ccco3)cc2)cc1. The fourth-order valence-corrected chi connectivity index (χ4v) is 2.48. The molecule has 0 saturated carbocycles. The number of hydrogen-bond donors (Lipinski definition) is 1. The largest absolute Gasteiger partial charge is 0.484 e. The maximum Gasteiger partial charge on any atom is 0.379 e. The van der Waals surface area contributed by atoms with E-state index in [1.165, 1.54) is 24.1 Å². The van der Waals surface area contributed by atoms with Gasteiger partial charge in [-0.1, -0.05) is 26.0 Å². The number of nitrogens with one attached hydrogen (secondary N) is 1. The summed E-state index contributed by atoms with van der Waals surface area (Å²) in [6.07, 6.45) is 2.88. The van der Waals surface area contributed by atoms with E-state index in [0.717, 1.165) is 5.56 Å². The van der Waals surface area contributed by atoms with E-state index in [1.54, 1.807) is 30.3 Å². The number of amides is 1. The Labute approximate surface area is 174 Å². The first-order valence-electron chi connectivity index (χ1n) is 9.41. The predicted octanol–water partition coefficient (Wildman–Crippen LogP) is 4.15. The minimum Gasteiger partial charge on any atom is -0.484 e. The van der Waals surface area contributed by atoms with Crippen molar-refractivity contribution in [3.63, 3.8) is 0 Å². The highest BCUT2D eigenvalue weighted by Crippen LogP contribution is 2.18. The van der Waals surface area contributed by atoms with Gasteiger partial charge in [0.05, 0.1) is 12.5 Å². The molecule has 30 heavy (non-hydrogen) atoms. The normalized spacial score (nSPS) is 10.9. The molecule has 7 nitrogen and oxygen atoms in total. The van der Waals surface area contributed by atoms with Crippen LogP contribution in [-0.2, 0) is 4.79 Å². The minimum atomic E-state index is -0.576. The molecule has 7 heteroatoms. The van der Waals surface area contributed by atoms with E-state index in [0.29, 0.717) is 17.4 Å². The highest BCUT2D eigenvalue weighted by atomic mass is 16.5. The van der Waals surface area contributed by atoms with Gasteiger partial charge in [-0.05, 0) is 65.6 Å². The van der Waals surface area contributed by atoms with Crippen molar-refractivity contribution in [2.75, 3.05) is 6.61 Å². The topological polar surface area (TPSA) is 90.1 Å². The summed E-state index contributed by atoms with van der Waals surface area (Å²) < 4.78 is 15.6. The third kappa shape index (κ3) is 6.07. The number of ether oxygens (including phenoxy) is 2. The molecule has 0 atom stereocenters. The summed E-state index contributed by atoms with van der Waals surface area (Å²) in [6.45, 7) is 4.09. The van der Waals surface area contributed by atoms with Crippen LogP contribution in [0.1, 0.15) is 41.4 Å². The lowest BCUT2D eigenvalue weighted by Crippen LogP contribution is -2.24. The van der Waals surface area contributed by atoms with Crippen molar-refractivity contribution >= 4 is 18.1 Å². The van der Waals surface area contributed by atoms with Crippen molar-refractivity contribution in [2.45, 2.75) is 19.8 Å². The van der Waals surface area contributed by atoms with Crippen LogP contribution in [-0.4, -0.2) is 24.7 Å². The van der Waals surface area contributed by atoms with E-state index >= 15 is 0 Å². The molecule has 0 saturated heterocycles. The number of nitrogens with zero attached hydrogens (tertiary/aromatic N) is 1. The molecule has 154 valence electrons. The first kappa shape index (κ1) is 20.9. The lowest BCUT2D eigenvalue weighted by molar-refractivity contribution is -0.123. The lowest BCUT2D eigenvalue weighted by atomic mass is 10.0. The number of hydrazone groups is 1. The molecule has 3 aromatic rings. The van der Waals surface area contributed by atoms with Gasteiger partial charge in [-0.25, -0.2) is 10.2 Å². The van der Waals surface area contributed by atoms with Crippen molar-refractivity contribution in [2.24, 2.45) is 5.10 Å². The first-order valence-corrected chi connectivity index (χ1v) is 9.41. The summed E-state index contributed by atoms with van der Waals surface area (Å²) in [5.41, 5.74) is 4.33. The molecule has 0 fully saturated rings. The quantitative estimate of drug-likeness (QED) is 0.263. The second kappa shape index (κ2) is 10.1. The zero-order valence-electron chi connectivity index (χ0n) is 16.7. The van der Waals surface area contributed by atoms with Crippen molar-refractivity contribution in [3.05, 3.63) is 83.8 Å². The van der Waals surface area contributed by atoms with E-state index in [9.17, 15) is 9.59 Å². The number of hydrogen-bond acceptors (Lipinski definition) is 6. The van der Waals surface area contributed by atoms with E-state index in [1.807, 2.05) is 24.3 Å². The summed E-state index contributed by atoms with van der Waals surface area (Å²) in [5.74, 6) is 0.610. The summed E-state index contributed by atoms with van der Waals surface area (Å²) in [6, 6.07) is 17.4. The maximum atomic E-state index is 11.9. The maximum absolute atomic E-state index is 11.9. The van der Waals surface area contributed by atoms with Gasteiger partial charge in [-0.15, -0.1) is 0 Å². The lowest BCUT2D eigenvalue weighted by Gasteiger charge is -2.08. The Morgan fingerprint density at radius 2 is 1.73 bits per heavy atom. The Morgan fingerprint density at radius 3 is 2.37 bits per heavy atom. The zero-order valence-corrected chi connectivity index (χ0v) is 16.7. The van der Waals surface area contributed by atoms with Gasteiger partial charge in [0.1, 0.15) is 11.5 Å². The van der Waals surface area contributed by atoms with Crippen LogP contribution < -0.4 is 14.9 Å². The van der Waals surface area contributed by atoms with Gasteiger partial charge in [0.15, 0.2) is 6.61 Å². The molecule has 0 unspecified atom stereocenters.